The fraction of sp³-hybridized carbons (Fsp3) is 0.833. The van der Waals surface area contributed by atoms with Crippen molar-refractivity contribution in [2.24, 2.45) is 5.92 Å². The minimum Gasteiger partial charge on any atom is -0.453 e. The lowest BCUT2D eigenvalue weighted by molar-refractivity contribution is 0.166. The Morgan fingerprint density at radius 2 is 2.18 bits per heavy atom. The molecule has 1 heterocycles. The zero-order chi connectivity index (χ0) is 13.0. The van der Waals surface area contributed by atoms with Crippen molar-refractivity contribution in [2.45, 2.75) is 45.7 Å². The highest BCUT2D eigenvalue weighted by Crippen LogP contribution is 2.19. The Hall–Kier alpha value is -1.26. The lowest BCUT2D eigenvalue weighted by Crippen LogP contribution is -2.51. The van der Waals surface area contributed by atoms with Gasteiger partial charge < -0.3 is 15.0 Å². The average molecular weight is 241 g/mol. The van der Waals surface area contributed by atoms with Crippen LogP contribution in [0.3, 0.4) is 0 Å². The first-order valence-electron chi connectivity index (χ1n) is 6.17. The predicted octanol–water partition coefficient (Wildman–Crippen LogP) is 1.83. The maximum absolute atomic E-state index is 11.3. The molecule has 5 heteroatoms. The SMILES string of the molecule is COC(=O)NC(C(=N)N1CCC[C@H]1C)C(C)C. The van der Waals surface area contributed by atoms with Crippen LogP contribution < -0.4 is 5.32 Å². The molecule has 5 nitrogen and oxygen atoms in total. The Kier molecular flexibility index (Phi) is 4.78. The molecule has 0 radical (unpaired) electrons. The van der Waals surface area contributed by atoms with Crippen LogP contribution in [-0.2, 0) is 4.74 Å². The van der Waals surface area contributed by atoms with Gasteiger partial charge in [0.05, 0.1) is 13.2 Å². The van der Waals surface area contributed by atoms with Crippen LogP contribution in [0.25, 0.3) is 0 Å². The number of likely N-dealkylation sites (tertiary alicyclic amines) is 1. The van der Waals surface area contributed by atoms with Gasteiger partial charge in [-0.15, -0.1) is 0 Å². The molecule has 0 aromatic heterocycles. The molecule has 0 spiro atoms. The van der Waals surface area contributed by atoms with E-state index in [2.05, 4.69) is 21.9 Å². The molecule has 2 N–H and O–H groups in total. The largest absolute Gasteiger partial charge is 0.453 e. The Bertz CT molecular complexity index is 291. The number of hydrogen-bond acceptors (Lipinski definition) is 3. The fourth-order valence-electron chi connectivity index (χ4n) is 2.21. The van der Waals surface area contributed by atoms with Gasteiger partial charge in [-0.25, -0.2) is 4.79 Å². The summed E-state index contributed by atoms with van der Waals surface area (Å²) in [7, 11) is 1.34. The first-order valence-corrected chi connectivity index (χ1v) is 6.17. The number of nitrogens with zero attached hydrogens (tertiary/aromatic N) is 1. The Balaban J connectivity index is 2.69. The molecule has 1 unspecified atom stereocenters. The Labute approximate surface area is 103 Å². The van der Waals surface area contributed by atoms with Crippen molar-refractivity contribution in [3.63, 3.8) is 0 Å². The summed E-state index contributed by atoms with van der Waals surface area (Å²) >= 11 is 0. The number of amides is 1. The third-order valence-corrected chi connectivity index (χ3v) is 3.28. The zero-order valence-corrected chi connectivity index (χ0v) is 11.1. The topological polar surface area (TPSA) is 65.4 Å². The highest BCUT2D eigenvalue weighted by atomic mass is 16.5. The molecule has 1 aliphatic heterocycles. The third kappa shape index (κ3) is 3.35. The first-order chi connectivity index (χ1) is 7.97. The number of rotatable bonds is 3. The second-order valence-electron chi connectivity index (χ2n) is 4.93. The summed E-state index contributed by atoms with van der Waals surface area (Å²) in [6.07, 6.45) is 1.76. The second kappa shape index (κ2) is 5.89. The molecule has 1 aliphatic rings. The molecule has 1 fully saturated rings. The number of nitrogens with one attached hydrogen (secondary N) is 2. The number of carbonyl (C=O) groups is 1. The van der Waals surface area contributed by atoms with Gasteiger partial charge >= 0.3 is 6.09 Å². The van der Waals surface area contributed by atoms with Gasteiger partial charge in [-0.1, -0.05) is 13.8 Å². The molecule has 0 saturated carbocycles. The highest BCUT2D eigenvalue weighted by molar-refractivity contribution is 5.88. The van der Waals surface area contributed by atoms with Gasteiger partial charge in [0.2, 0.25) is 0 Å². The van der Waals surface area contributed by atoms with Crippen molar-refractivity contribution >= 4 is 11.9 Å². The van der Waals surface area contributed by atoms with Crippen LogP contribution in [0.4, 0.5) is 4.79 Å². The van der Waals surface area contributed by atoms with Crippen LogP contribution in [0, 0.1) is 11.3 Å². The molecule has 1 saturated heterocycles. The standard InChI is InChI=1S/C12H23N3O2/c1-8(2)10(14-12(16)17-4)11(13)15-7-5-6-9(15)3/h8-10,13H,5-7H2,1-4H3,(H,14,16)/t9-,10?/m1/s1. The molecule has 1 rings (SSSR count). The van der Waals surface area contributed by atoms with E-state index in [4.69, 9.17) is 5.41 Å². The smallest absolute Gasteiger partial charge is 0.407 e. The molecular weight excluding hydrogens is 218 g/mol. The molecule has 0 aromatic rings. The van der Waals surface area contributed by atoms with Gasteiger partial charge in [0.25, 0.3) is 0 Å². The molecule has 1 amide bonds. The van der Waals surface area contributed by atoms with E-state index in [0.717, 1.165) is 19.4 Å². The van der Waals surface area contributed by atoms with E-state index in [0.29, 0.717) is 11.9 Å². The van der Waals surface area contributed by atoms with Gasteiger partial charge in [0.1, 0.15) is 5.84 Å². The van der Waals surface area contributed by atoms with E-state index in [1.165, 1.54) is 7.11 Å². The highest BCUT2D eigenvalue weighted by Gasteiger charge is 2.30. The normalized spacial score (nSPS) is 21.5. The van der Waals surface area contributed by atoms with E-state index < -0.39 is 6.09 Å². The number of alkyl carbamates (subject to hydrolysis) is 1. The van der Waals surface area contributed by atoms with Gasteiger partial charge in [0, 0.05) is 12.6 Å². The quantitative estimate of drug-likeness (QED) is 0.585. The van der Waals surface area contributed by atoms with Crippen molar-refractivity contribution in [1.82, 2.24) is 10.2 Å². The maximum Gasteiger partial charge on any atom is 0.407 e. The summed E-state index contributed by atoms with van der Waals surface area (Å²) in [5.41, 5.74) is 0. The van der Waals surface area contributed by atoms with E-state index >= 15 is 0 Å². The number of carbonyl (C=O) groups excluding carboxylic acids is 1. The van der Waals surface area contributed by atoms with Crippen LogP contribution in [0.2, 0.25) is 0 Å². The average Bonchev–Trinajstić information content (AvgIpc) is 2.70. The van der Waals surface area contributed by atoms with E-state index in [9.17, 15) is 4.79 Å². The number of amidine groups is 1. The fourth-order valence-corrected chi connectivity index (χ4v) is 2.21. The van der Waals surface area contributed by atoms with Gasteiger partial charge in [-0.3, -0.25) is 5.41 Å². The minimum atomic E-state index is -0.472. The first kappa shape index (κ1) is 13.8. The van der Waals surface area contributed by atoms with Crippen molar-refractivity contribution in [3.05, 3.63) is 0 Å². The van der Waals surface area contributed by atoms with E-state index in [-0.39, 0.29) is 12.0 Å². The van der Waals surface area contributed by atoms with Crippen LogP contribution in [0.5, 0.6) is 0 Å². The van der Waals surface area contributed by atoms with E-state index in [1.807, 2.05) is 13.8 Å². The third-order valence-electron chi connectivity index (χ3n) is 3.28. The van der Waals surface area contributed by atoms with Crippen LogP contribution >= 0.6 is 0 Å². The predicted molar refractivity (Wildman–Crippen MR) is 67.3 cm³/mol. The van der Waals surface area contributed by atoms with Gasteiger partial charge in [-0.2, -0.15) is 0 Å². The second-order valence-corrected chi connectivity index (χ2v) is 4.93. The monoisotopic (exact) mass is 241 g/mol. The van der Waals surface area contributed by atoms with Crippen LogP contribution in [-0.4, -0.2) is 42.6 Å². The molecule has 17 heavy (non-hydrogen) atoms. The Morgan fingerprint density at radius 1 is 1.53 bits per heavy atom. The number of hydrogen-bond donors (Lipinski definition) is 2. The Morgan fingerprint density at radius 3 is 2.59 bits per heavy atom. The summed E-state index contributed by atoms with van der Waals surface area (Å²) in [6.45, 7) is 7.02. The summed E-state index contributed by atoms with van der Waals surface area (Å²) in [5, 5.41) is 11.0. The molecule has 98 valence electrons. The summed E-state index contributed by atoms with van der Waals surface area (Å²) in [6, 6.07) is 0.117. The zero-order valence-electron chi connectivity index (χ0n) is 11.1. The van der Waals surface area contributed by atoms with Gasteiger partial charge in [-0.05, 0) is 25.7 Å². The molecule has 0 bridgehead atoms. The molecule has 0 aromatic carbocycles. The summed E-state index contributed by atoms with van der Waals surface area (Å²) < 4.78 is 4.61. The van der Waals surface area contributed by atoms with Crippen LogP contribution in [0.15, 0.2) is 0 Å². The van der Waals surface area contributed by atoms with Crippen LogP contribution in [0.1, 0.15) is 33.6 Å². The summed E-state index contributed by atoms with van der Waals surface area (Å²) in [5.74, 6) is 0.671. The maximum atomic E-state index is 11.3. The molecule has 0 aliphatic carbocycles. The van der Waals surface area contributed by atoms with E-state index in [1.54, 1.807) is 0 Å². The van der Waals surface area contributed by atoms with Crippen molar-refractivity contribution < 1.29 is 9.53 Å². The molecule has 2 atom stereocenters. The van der Waals surface area contributed by atoms with Crippen molar-refractivity contribution in [3.8, 4) is 0 Å². The molecular formula is C12H23N3O2. The minimum absolute atomic E-state index is 0.175. The van der Waals surface area contributed by atoms with Crippen molar-refractivity contribution in [2.75, 3.05) is 13.7 Å². The van der Waals surface area contributed by atoms with Gasteiger partial charge in [0.15, 0.2) is 0 Å². The lowest BCUT2D eigenvalue weighted by Gasteiger charge is -2.31. The lowest BCUT2D eigenvalue weighted by atomic mass is 10.0. The summed E-state index contributed by atoms with van der Waals surface area (Å²) in [4.78, 5) is 13.3. The number of ether oxygens (including phenoxy) is 1. The number of methoxy groups -OCH3 is 1. The van der Waals surface area contributed by atoms with Crippen molar-refractivity contribution in [1.29, 1.82) is 5.41 Å².